The summed E-state index contributed by atoms with van der Waals surface area (Å²) in [6, 6.07) is 0. The number of rotatable bonds is 9. The lowest BCUT2D eigenvalue weighted by molar-refractivity contribution is -0.137. The van der Waals surface area contributed by atoms with Crippen molar-refractivity contribution < 1.29 is 14.3 Å². The van der Waals surface area contributed by atoms with E-state index in [1.54, 1.807) is 17.8 Å². The summed E-state index contributed by atoms with van der Waals surface area (Å²) in [5, 5.41) is 15.5. The van der Waals surface area contributed by atoms with Crippen molar-refractivity contribution in [2.75, 3.05) is 5.75 Å². The maximum Gasteiger partial charge on any atom is 0.303 e. The number of halogens is 1. The lowest BCUT2D eigenvalue weighted by atomic mass is 9.94. The second-order valence-electron chi connectivity index (χ2n) is 4.81. The van der Waals surface area contributed by atoms with Crippen LogP contribution in [0.25, 0.3) is 0 Å². The van der Waals surface area contributed by atoms with Crippen LogP contribution in [0.4, 0.5) is 4.39 Å². The van der Waals surface area contributed by atoms with E-state index < -0.39 is 12.1 Å². The Morgan fingerprint density at radius 3 is 3.00 bits per heavy atom. The Hall–Kier alpha value is -0.840. The van der Waals surface area contributed by atoms with E-state index in [9.17, 15) is 9.18 Å². The van der Waals surface area contributed by atoms with Crippen molar-refractivity contribution in [3.63, 3.8) is 0 Å². The first-order valence-corrected chi connectivity index (χ1v) is 7.84. The van der Waals surface area contributed by atoms with Gasteiger partial charge in [0.25, 0.3) is 0 Å². The summed E-state index contributed by atoms with van der Waals surface area (Å²) in [5.74, 6) is -0.0663. The predicted molar refractivity (Wildman–Crippen MR) is 78.0 cm³/mol. The Bertz CT molecular complexity index is 333. The van der Waals surface area contributed by atoms with Crippen molar-refractivity contribution in [1.29, 1.82) is 5.41 Å². The molecule has 1 rings (SSSR count). The average Bonchev–Trinajstić information content (AvgIpc) is 2.36. The molecule has 0 aliphatic heterocycles. The second kappa shape index (κ2) is 9.13. The topological polar surface area (TPSA) is 61.2 Å². The second-order valence-corrected chi connectivity index (χ2v) is 6.16. The highest BCUT2D eigenvalue weighted by Crippen LogP contribution is 2.32. The fourth-order valence-corrected chi connectivity index (χ4v) is 3.34. The number of allylic oxidation sites excluding steroid dienone is 2. The molecule has 1 aliphatic rings. The summed E-state index contributed by atoms with van der Waals surface area (Å²) >= 11 is 1.56. The molecule has 108 valence electrons. The average molecular weight is 287 g/mol. The number of carbonyl (C=O) groups is 1. The summed E-state index contributed by atoms with van der Waals surface area (Å²) in [4.78, 5) is 10.4. The van der Waals surface area contributed by atoms with E-state index in [2.05, 4.69) is 0 Å². The van der Waals surface area contributed by atoms with Crippen molar-refractivity contribution in [1.82, 2.24) is 0 Å². The van der Waals surface area contributed by atoms with Gasteiger partial charge in [-0.2, -0.15) is 11.8 Å². The molecular formula is C14H22FNO2S. The predicted octanol–water partition coefficient (Wildman–Crippen LogP) is 3.83. The zero-order valence-electron chi connectivity index (χ0n) is 11.1. The normalized spacial score (nSPS) is 22.9. The summed E-state index contributed by atoms with van der Waals surface area (Å²) in [5.41, 5.74) is 1.18. The van der Waals surface area contributed by atoms with Crippen molar-refractivity contribution in [3.8, 4) is 0 Å². The van der Waals surface area contributed by atoms with E-state index in [-0.39, 0.29) is 11.7 Å². The zero-order valence-corrected chi connectivity index (χ0v) is 11.9. The number of alkyl halides is 1. The fraction of sp³-hybridized carbons (Fsp3) is 0.714. The molecule has 0 aromatic heterocycles. The van der Waals surface area contributed by atoms with Gasteiger partial charge in [0.05, 0.1) is 0 Å². The van der Waals surface area contributed by atoms with Crippen molar-refractivity contribution >= 4 is 23.9 Å². The van der Waals surface area contributed by atoms with Gasteiger partial charge in [-0.1, -0.05) is 11.6 Å². The molecule has 0 fully saturated rings. The molecule has 1 aliphatic carbocycles. The molecule has 5 heteroatoms. The van der Waals surface area contributed by atoms with Gasteiger partial charge in [-0.25, -0.2) is 4.39 Å². The number of thioether (sulfide) groups is 1. The molecule has 0 spiro atoms. The molecule has 2 N–H and O–H groups in total. The number of aliphatic carboxylic acids is 1. The Morgan fingerprint density at radius 2 is 2.37 bits per heavy atom. The number of nitrogens with one attached hydrogen (secondary N) is 1. The van der Waals surface area contributed by atoms with Gasteiger partial charge < -0.3 is 10.5 Å². The van der Waals surface area contributed by atoms with Gasteiger partial charge in [0.2, 0.25) is 0 Å². The highest BCUT2D eigenvalue weighted by molar-refractivity contribution is 7.99. The Balaban J connectivity index is 2.24. The third-order valence-corrected chi connectivity index (χ3v) is 4.66. The van der Waals surface area contributed by atoms with Crippen LogP contribution in [0.1, 0.15) is 44.9 Å². The summed E-state index contributed by atoms with van der Waals surface area (Å²) < 4.78 is 13.9. The van der Waals surface area contributed by atoms with Crippen LogP contribution < -0.4 is 0 Å². The molecule has 0 radical (unpaired) electrons. The smallest absolute Gasteiger partial charge is 0.303 e. The van der Waals surface area contributed by atoms with Crippen LogP contribution in [0, 0.1) is 5.41 Å². The molecule has 0 heterocycles. The Labute approximate surface area is 118 Å². The minimum atomic E-state index is -0.904. The van der Waals surface area contributed by atoms with E-state index in [1.807, 2.05) is 0 Å². The molecule has 0 aromatic rings. The Kier molecular flexibility index (Phi) is 7.79. The van der Waals surface area contributed by atoms with Crippen LogP contribution in [-0.2, 0) is 4.79 Å². The molecule has 1 unspecified atom stereocenters. The Morgan fingerprint density at radius 1 is 1.58 bits per heavy atom. The SMILES string of the molecule is N=CCCCC1=CC(F)[C@@H](SCCCC(=O)O)CC1. The molecule has 0 amide bonds. The third kappa shape index (κ3) is 6.76. The first-order chi connectivity index (χ1) is 9.13. The van der Waals surface area contributed by atoms with Gasteiger partial charge in [0, 0.05) is 11.7 Å². The number of hydrogen-bond donors (Lipinski definition) is 2. The molecule has 0 saturated heterocycles. The first-order valence-electron chi connectivity index (χ1n) is 6.79. The minimum Gasteiger partial charge on any atom is -0.481 e. The maximum absolute atomic E-state index is 13.9. The number of carboxylic acids is 1. The van der Waals surface area contributed by atoms with Crippen LogP contribution in [-0.4, -0.2) is 34.5 Å². The number of hydrogen-bond acceptors (Lipinski definition) is 3. The molecular weight excluding hydrogens is 265 g/mol. The van der Waals surface area contributed by atoms with Crippen molar-refractivity contribution in [2.24, 2.45) is 0 Å². The fourth-order valence-electron chi connectivity index (χ4n) is 2.18. The van der Waals surface area contributed by atoms with E-state index >= 15 is 0 Å². The van der Waals surface area contributed by atoms with Crippen molar-refractivity contribution in [2.45, 2.75) is 56.4 Å². The highest BCUT2D eigenvalue weighted by Gasteiger charge is 2.24. The maximum atomic E-state index is 13.9. The van der Waals surface area contributed by atoms with E-state index in [4.69, 9.17) is 10.5 Å². The molecule has 0 aromatic carbocycles. The molecule has 2 atom stereocenters. The van der Waals surface area contributed by atoms with E-state index in [1.165, 1.54) is 11.8 Å². The molecule has 3 nitrogen and oxygen atoms in total. The van der Waals surface area contributed by atoms with Crippen LogP contribution in [0.3, 0.4) is 0 Å². The van der Waals surface area contributed by atoms with Gasteiger partial charge in [0.1, 0.15) is 6.17 Å². The van der Waals surface area contributed by atoms with Crippen molar-refractivity contribution in [3.05, 3.63) is 11.6 Å². The van der Waals surface area contributed by atoms with Crippen LogP contribution in [0.5, 0.6) is 0 Å². The molecule has 0 bridgehead atoms. The van der Waals surface area contributed by atoms with Gasteiger partial charge in [-0.15, -0.1) is 0 Å². The van der Waals surface area contributed by atoms with Crippen LogP contribution in [0.2, 0.25) is 0 Å². The van der Waals surface area contributed by atoms with E-state index in [0.29, 0.717) is 12.2 Å². The lowest BCUT2D eigenvalue weighted by Crippen LogP contribution is -2.22. The van der Waals surface area contributed by atoms with Gasteiger partial charge in [-0.3, -0.25) is 4.79 Å². The highest BCUT2D eigenvalue weighted by atomic mass is 32.2. The van der Waals surface area contributed by atoms with Crippen LogP contribution in [0.15, 0.2) is 11.6 Å². The summed E-state index contributed by atoms with van der Waals surface area (Å²) in [7, 11) is 0. The zero-order chi connectivity index (χ0) is 14.1. The third-order valence-electron chi connectivity index (χ3n) is 3.21. The summed E-state index contributed by atoms with van der Waals surface area (Å²) in [6.45, 7) is 0. The minimum absolute atomic E-state index is 0.0136. The van der Waals surface area contributed by atoms with Crippen LogP contribution >= 0.6 is 11.8 Å². The molecule has 0 saturated carbocycles. The summed E-state index contributed by atoms with van der Waals surface area (Å²) in [6.07, 6.45) is 7.38. The largest absolute Gasteiger partial charge is 0.481 e. The standard InChI is InChI=1S/C14H22FNO2S/c15-12-10-11(4-1-2-8-16)6-7-13(12)19-9-3-5-14(17)18/h8,10,12-13,16H,1-7,9H2,(H,17,18)/t12?,13-/m0/s1. The van der Waals surface area contributed by atoms with Gasteiger partial charge in [-0.05, 0) is 50.5 Å². The quantitative estimate of drug-likeness (QED) is 0.385. The first kappa shape index (κ1) is 16.2. The van der Waals surface area contributed by atoms with E-state index in [0.717, 1.165) is 32.1 Å². The number of unbranched alkanes of at least 4 members (excludes halogenated alkanes) is 1. The van der Waals surface area contributed by atoms with Gasteiger partial charge in [0.15, 0.2) is 0 Å². The monoisotopic (exact) mass is 287 g/mol. The molecule has 19 heavy (non-hydrogen) atoms. The number of carboxylic acid groups (broad SMARTS) is 1. The lowest BCUT2D eigenvalue weighted by Gasteiger charge is -2.25. The van der Waals surface area contributed by atoms with Gasteiger partial charge >= 0.3 is 5.97 Å².